The summed E-state index contributed by atoms with van der Waals surface area (Å²) in [6, 6.07) is 7.90. The van der Waals surface area contributed by atoms with Gasteiger partial charge in [-0.3, -0.25) is 0 Å². The molecule has 1 saturated heterocycles. The molecule has 1 amide bonds. The highest BCUT2D eigenvalue weighted by Gasteiger charge is 2.25. The zero-order valence-electron chi connectivity index (χ0n) is 10.5. The monoisotopic (exact) mass is 249 g/mol. The van der Waals surface area contributed by atoms with Crippen LogP contribution in [-0.4, -0.2) is 34.3 Å². The molecular formula is C14H19NO3. The topological polar surface area (TPSA) is 60.8 Å². The van der Waals surface area contributed by atoms with E-state index in [9.17, 15) is 9.90 Å². The van der Waals surface area contributed by atoms with Crippen molar-refractivity contribution in [1.29, 1.82) is 0 Å². The SMILES string of the molecule is CC(O)c1ccccc1C1CCN(C(=O)O)CC1. The molecule has 1 fully saturated rings. The Kier molecular flexibility index (Phi) is 3.87. The average molecular weight is 249 g/mol. The average Bonchev–Trinajstić information content (AvgIpc) is 2.39. The van der Waals surface area contributed by atoms with Gasteiger partial charge in [-0.15, -0.1) is 0 Å². The van der Waals surface area contributed by atoms with Gasteiger partial charge in [0, 0.05) is 13.1 Å². The Hall–Kier alpha value is -1.55. The molecule has 0 saturated carbocycles. The van der Waals surface area contributed by atoms with Gasteiger partial charge in [0.1, 0.15) is 0 Å². The predicted molar refractivity (Wildman–Crippen MR) is 68.6 cm³/mol. The van der Waals surface area contributed by atoms with E-state index in [4.69, 9.17) is 5.11 Å². The number of carboxylic acid groups (broad SMARTS) is 1. The van der Waals surface area contributed by atoms with Crippen molar-refractivity contribution < 1.29 is 15.0 Å². The Labute approximate surface area is 107 Å². The highest BCUT2D eigenvalue weighted by atomic mass is 16.4. The van der Waals surface area contributed by atoms with Gasteiger partial charge in [-0.2, -0.15) is 0 Å². The number of carbonyl (C=O) groups is 1. The zero-order valence-corrected chi connectivity index (χ0v) is 10.5. The van der Waals surface area contributed by atoms with E-state index in [2.05, 4.69) is 0 Å². The highest BCUT2D eigenvalue weighted by molar-refractivity contribution is 5.65. The van der Waals surface area contributed by atoms with E-state index in [0.29, 0.717) is 19.0 Å². The van der Waals surface area contributed by atoms with Crippen molar-refractivity contribution >= 4 is 6.09 Å². The molecule has 1 aliphatic rings. The van der Waals surface area contributed by atoms with Gasteiger partial charge >= 0.3 is 6.09 Å². The number of rotatable bonds is 2. The fourth-order valence-electron chi connectivity index (χ4n) is 2.64. The van der Waals surface area contributed by atoms with Crippen LogP contribution in [-0.2, 0) is 0 Å². The summed E-state index contributed by atoms with van der Waals surface area (Å²) in [5.41, 5.74) is 2.13. The molecule has 1 aromatic rings. The number of amides is 1. The molecule has 2 rings (SSSR count). The van der Waals surface area contributed by atoms with Gasteiger partial charge < -0.3 is 15.1 Å². The lowest BCUT2D eigenvalue weighted by Gasteiger charge is -2.31. The van der Waals surface area contributed by atoms with Crippen molar-refractivity contribution in [2.75, 3.05) is 13.1 Å². The van der Waals surface area contributed by atoms with E-state index in [-0.39, 0.29) is 0 Å². The quantitative estimate of drug-likeness (QED) is 0.847. The second kappa shape index (κ2) is 5.40. The molecule has 1 aliphatic heterocycles. The van der Waals surface area contributed by atoms with E-state index < -0.39 is 12.2 Å². The number of aliphatic hydroxyl groups excluding tert-OH is 1. The van der Waals surface area contributed by atoms with Gasteiger partial charge in [-0.05, 0) is 36.8 Å². The number of hydrogen-bond donors (Lipinski definition) is 2. The molecular weight excluding hydrogens is 230 g/mol. The third-order valence-electron chi connectivity index (χ3n) is 3.65. The van der Waals surface area contributed by atoms with Crippen LogP contribution in [0.25, 0.3) is 0 Å². The Morgan fingerprint density at radius 1 is 1.33 bits per heavy atom. The molecule has 0 aliphatic carbocycles. The lowest BCUT2D eigenvalue weighted by Crippen LogP contribution is -2.37. The van der Waals surface area contributed by atoms with Crippen LogP contribution in [0.15, 0.2) is 24.3 Å². The van der Waals surface area contributed by atoms with Gasteiger partial charge in [0.25, 0.3) is 0 Å². The summed E-state index contributed by atoms with van der Waals surface area (Å²) >= 11 is 0. The van der Waals surface area contributed by atoms with Gasteiger partial charge in [0.2, 0.25) is 0 Å². The first-order valence-electron chi connectivity index (χ1n) is 6.34. The van der Waals surface area contributed by atoms with Crippen LogP contribution in [0, 0.1) is 0 Å². The van der Waals surface area contributed by atoms with Crippen molar-refractivity contribution in [2.24, 2.45) is 0 Å². The zero-order chi connectivity index (χ0) is 13.1. The van der Waals surface area contributed by atoms with Crippen molar-refractivity contribution in [1.82, 2.24) is 4.90 Å². The summed E-state index contributed by atoms with van der Waals surface area (Å²) < 4.78 is 0. The van der Waals surface area contributed by atoms with Crippen LogP contribution in [0.2, 0.25) is 0 Å². The molecule has 0 radical (unpaired) electrons. The molecule has 1 heterocycles. The molecule has 0 aromatic heterocycles. The first-order valence-corrected chi connectivity index (χ1v) is 6.34. The number of piperidine rings is 1. The number of aliphatic hydroxyl groups is 1. The van der Waals surface area contributed by atoms with Crippen LogP contribution < -0.4 is 0 Å². The maximum Gasteiger partial charge on any atom is 0.407 e. The lowest BCUT2D eigenvalue weighted by atomic mass is 9.85. The van der Waals surface area contributed by atoms with Crippen LogP contribution in [0.3, 0.4) is 0 Å². The first kappa shape index (κ1) is 12.9. The van der Waals surface area contributed by atoms with Crippen molar-refractivity contribution in [2.45, 2.75) is 31.8 Å². The Morgan fingerprint density at radius 2 is 1.94 bits per heavy atom. The molecule has 18 heavy (non-hydrogen) atoms. The minimum absolute atomic E-state index is 0.353. The largest absolute Gasteiger partial charge is 0.465 e. The maximum absolute atomic E-state index is 10.9. The van der Waals surface area contributed by atoms with Gasteiger partial charge in [-0.1, -0.05) is 24.3 Å². The minimum atomic E-state index is -0.836. The minimum Gasteiger partial charge on any atom is -0.465 e. The van der Waals surface area contributed by atoms with E-state index >= 15 is 0 Å². The van der Waals surface area contributed by atoms with Crippen LogP contribution >= 0.6 is 0 Å². The summed E-state index contributed by atoms with van der Waals surface area (Å²) in [4.78, 5) is 12.3. The van der Waals surface area contributed by atoms with Crippen LogP contribution in [0.1, 0.15) is 42.9 Å². The standard InChI is InChI=1S/C14H19NO3/c1-10(16)12-4-2-3-5-13(12)11-6-8-15(9-7-11)14(17)18/h2-5,10-11,16H,6-9H2,1H3,(H,17,18). The third-order valence-corrected chi connectivity index (χ3v) is 3.65. The summed E-state index contributed by atoms with van der Waals surface area (Å²) in [6.07, 6.45) is 0.350. The molecule has 1 aromatic carbocycles. The molecule has 1 unspecified atom stereocenters. The fraction of sp³-hybridized carbons (Fsp3) is 0.500. The molecule has 0 spiro atoms. The Balaban J connectivity index is 2.12. The van der Waals surface area contributed by atoms with Crippen LogP contribution in [0.4, 0.5) is 4.79 Å². The number of hydrogen-bond acceptors (Lipinski definition) is 2. The Bertz CT molecular complexity index is 423. The fourth-order valence-corrected chi connectivity index (χ4v) is 2.64. The Morgan fingerprint density at radius 3 is 2.50 bits per heavy atom. The molecule has 0 bridgehead atoms. The third kappa shape index (κ3) is 2.64. The van der Waals surface area contributed by atoms with E-state index in [0.717, 1.165) is 24.0 Å². The smallest absolute Gasteiger partial charge is 0.407 e. The number of benzene rings is 1. The van der Waals surface area contributed by atoms with Crippen molar-refractivity contribution in [3.63, 3.8) is 0 Å². The second-order valence-electron chi connectivity index (χ2n) is 4.85. The number of nitrogens with zero attached hydrogens (tertiary/aromatic N) is 1. The van der Waals surface area contributed by atoms with Crippen LogP contribution in [0.5, 0.6) is 0 Å². The summed E-state index contributed by atoms with van der Waals surface area (Å²) in [5, 5.41) is 18.7. The van der Waals surface area contributed by atoms with E-state index in [1.165, 1.54) is 4.90 Å². The molecule has 2 N–H and O–H groups in total. The van der Waals surface area contributed by atoms with E-state index in [1.807, 2.05) is 24.3 Å². The lowest BCUT2D eigenvalue weighted by molar-refractivity contribution is 0.131. The van der Waals surface area contributed by atoms with Crippen molar-refractivity contribution in [3.05, 3.63) is 35.4 Å². The molecule has 1 atom stereocenters. The molecule has 98 valence electrons. The summed E-state index contributed by atoms with van der Waals surface area (Å²) in [5.74, 6) is 0.353. The maximum atomic E-state index is 10.9. The summed E-state index contributed by atoms with van der Waals surface area (Å²) in [6.45, 7) is 2.92. The second-order valence-corrected chi connectivity index (χ2v) is 4.85. The van der Waals surface area contributed by atoms with E-state index in [1.54, 1.807) is 6.92 Å². The molecule has 4 heteroatoms. The highest BCUT2D eigenvalue weighted by Crippen LogP contribution is 2.32. The van der Waals surface area contributed by atoms with Gasteiger partial charge in [-0.25, -0.2) is 4.79 Å². The molecule has 4 nitrogen and oxygen atoms in total. The van der Waals surface area contributed by atoms with Gasteiger partial charge in [0.05, 0.1) is 6.10 Å². The number of likely N-dealkylation sites (tertiary alicyclic amines) is 1. The summed E-state index contributed by atoms with van der Waals surface area (Å²) in [7, 11) is 0. The first-order chi connectivity index (χ1) is 8.59. The van der Waals surface area contributed by atoms with Gasteiger partial charge in [0.15, 0.2) is 0 Å². The van der Waals surface area contributed by atoms with Crippen molar-refractivity contribution in [3.8, 4) is 0 Å². The predicted octanol–water partition coefficient (Wildman–Crippen LogP) is 2.60. The normalized spacial score (nSPS) is 18.7.